The Bertz CT molecular complexity index is 1490. The predicted octanol–water partition coefficient (Wildman–Crippen LogP) is -0.753. The van der Waals surface area contributed by atoms with Crippen LogP contribution < -0.4 is 16.0 Å². The van der Waals surface area contributed by atoms with Crippen molar-refractivity contribution in [3.63, 3.8) is 0 Å². The Labute approximate surface area is 228 Å². The zero-order valence-electron chi connectivity index (χ0n) is 21.3. The summed E-state index contributed by atoms with van der Waals surface area (Å²) < 4.78 is 39.1. The monoisotopic (exact) mass is 576 g/mol. The van der Waals surface area contributed by atoms with Crippen molar-refractivity contribution in [1.29, 1.82) is 0 Å². The Morgan fingerprint density at radius 3 is 2.48 bits per heavy atom. The van der Waals surface area contributed by atoms with Crippen LogP contribution in [0, 0.1) is 0 Å². The number of carbonyl (C=O) groups is 2. The first kappa shape index (κ1) is 27.8. The number of aromatic nitrogens is 4. The number of morpholine rings is 1. The van der Waals surface area contributed by atoms with E-state index in [0.717, 1.165) is 0 Å². The molecule has 0 bridgehead atoms. The molecule has 5 N–H and O–H groups in total. The number of nitrogens with one attached hydrogen (secondary N) is 3. The Kier molecular flexibility index (Phi) is 7.92. The van der Waals surface area contributed by atoms with Crippen LogP contribution in [0.4, 0.5) is 16.3 Å². The van der Waals surface area contributed by atoms with E-state index in [9.17, 15) is 28.2 Å². The lowest BCUT2D eigenvalue weighted by Crippen LogP contribution is -2.42. The number of ether oxygens (including phenoxy) is 2. The molecule has 0 saturated carbocycles. The van der Waals surface area contributed by atoms with Crippen LogP contribution in [-0.2, 0) is 24.3 Å². The van der Waals surface area contributed by atoms with E-state index >= 15 is 0 Å². The molecule has 5 rings (SSSR count). The fourth-order valence-corrected chi connectivity index (χ4v) is 5.83. The second kappa shape index (κ2) is 11.4. The van der Waals surface area contributed by atoms with E-state index in [1.165, 1.54) is 45.8 Å². The van der Waals surface area contributed by atoms with Crippen LogP contribution >= 0.6 is 0 Å². The summed E-state index contributed by atoms with van der Waals surface area (Å²) in [7, 11) is -3.67. The van der Waals surface area contributed by atoms with Crippen molar-refractivity contribution < 1.29 is 37.7 Å². The van der Waals surface area contributed by atoms with Gasteiger partial charge >= 0.3 is 6.03 Å². The molecule has 214 valence electrons. The van der Waals surface area contributed by atoms with Gasteiger partial charge in [0.25, 0.3) is 5.91 Å². The van der Waals surface area contributed by atoms with Gasteiger partial charge in [-0.15, -0.1) is 0 Å². The Balaban J connectivity index is 1.28. The van der Waals surface area contributed by atoms with E-state index in [1.807, 2.05) is 0 Å². The average Bonchev–Trinajstić information content (AvgIpc) is 3.51. The maximum absolute atomic E-state index is 12.8. The predicted molar refractivity (Wildman–Crippen MR) is 139 cm³/mol. The molecular formula is C23H28N8O8S. The van der Waals surface area contributed by atoms with Crippen molar-refractivity contribution in [1.82, 2.24) is 29.1 Å². The number of aliphatic hydroxyl groups excluding tert-OH is 2. The van der Waals surface area contributed by atoms with Crippen molar-refractivity contribution in [2.75, 3.05) is 43.5 Å². The standard InChI is InChI=1S/C23H28N8O8S/c1-2-24-21(34)18-16(32)17(33)22(39-18)31-12-27-15-19(25-11-26-20(15)31)29-23(35)28-13-3-5-14(6-4-13)40(36,37)30-7-9-38-10-8-30/h3-6,11-12,16-18,22,32-33H,2,7-10H2,1H3,(H,24,34)(H2,25,26,28,29,35)/t16?,17-,18-,22+/m0/s1. The molecule has 0 radical (unpaired) electrons. The summed E-state index contributed by atoms with van der Waals surface area (Å²) in [6.45, 7) is 3.25. The molecule has 17 heteroatoms. The minimum Gasteiger partial charge on any atom is -0.387 e. The van der Waals surface area contributed by atoms with Gasteiger partial charge in [0.2, 0.25) is 10.0 Å². The Morgan fingerprint density at radius 1 is 1.05 bits per heavy atom. The van der Waals surface area contributed by atoms with Crippen LogP contribution in [0.1, 0.15) is 13.2 Å². The highest BCUT2D eigenvalue weighted by molar-refractivity contribution is 7.89. The molecule has 16 nitrogen and oxygen atoms in total. The lowest BCUT2D eigenvalue weighted by Gasteiger charge is -2.26. The number of sulfonamides is 1. The number of hydrogen-bond acceptors (Lipinski definition) is 11. The molecule has 0 aliphatic carbocycles. The van der Waals surface area contributed by atoms with Gasteiger partial charge in [-0.1, -0.05) is 0 Å². The number of aliphatic hydroxyl groups is 2. The summed E-state index contributed by atoms with van der Waals surface area (Å²) in [6, 6.07) is 5.06. The van der Waals surface area contributed by atoms with Gasteiger partial charge in [-0.25, -0.2) is 28.2 Å². The van der Waals surface area contributed by atoms with Crippen LogP contribution in [0.2, 0.25) is 0 Å². The molecule has 40 heavy (non-hydrogen) atoms. The van der Waals surface area contributed by atoms with Crippen LogP contribution in [0.25, 0.3) is 11.2 Å². The largest absolute Gasteiger partial charge is 0.387 e. The highest BCUT2D eigenvalue weighted by Crippen LogP contribution is 2.32. The number of hydrogen-bond donors (Lipinski definition) is 5. The van der Waals surface area contributed by atoms with Gasteiger partial charge in [0.1, 0.15) is 18.5 Å². The third-order valence-electron chi connectivity index (χ3n) is 6.43. The number of imidazole rings is 1. The molecule has 0 spiro atoms. The lowest BCUT2D eigenvalue weighted by atomic mass is 10.1. The summed E-state index contributed by atoms with van der Waals surface area (Å²) in [4.78, 5) is 37.4. The number of amides is 3. The van der Waals surface area contributed by atoms with Gasteiger partial charge in [-0.05, 0) is 31.2 Å². The molecule has 3 amide bonds. The minimum atomic E-state index is -3.67. The molecule has 4 atom stereocenters. The number of benzene rings is 1. The number of rotatable bonds is 7. The molecule has 2 aliphatic rings. The van der Waals surface area contributed by atoms with Crippen molar-refractivity contribution in [3.05, 3.63) is 36.9 Å². The fraction of sp³-hybridized carbons (Fsp3) is 0.435. The number of anilines is 2. The molecular weight excluding hydrogens is 548 g/mol. The van der Waals surface area contributed by atoms with Gasteiger partial charge in [-0.3, -0.25) is 14.7 Å². The van der Waals surface area contributed by atoms with Gasteiger partial charge < -0.3 is 30.3 Å². The van der Waals surface area contributed by atoms with E-state index < -0.39 is 46.5 Å². The van der Waals surface area contributed by atoms with Crippen molar-refractivity contribution in [2.45, 2.75) is 36.4 Å². The van der Waals surface area contributed by atoms with Gasteiger partial charge in [0.15, 0.2) is 29.3 Å². The van der Waals surface area contributed by atoms with E-state index in [1.54, 1.807) is 6.92 Å². The van der Waals surface area contributed by atoms with Crippen LogP contribution in [0.15, 0.2) is 41.8 Å². The topological polar surface area (TPSA) is 210 Å². The van der Waals surface area contributed by atoms with Crippen LogP contribution in [-0.4, -0.2) is 106 Å². The molecule has 1 aromatic carbocycles. The third-order valence-corrected chi connectivity index (χ3v) is 8.35. The highest BCUT2D eigenvalue weighted by Gasteiger charge is 2.47. The number of fused-ring (bicyclic) bond motifs is 1. The zero-order chi connectivity index (χ0) is 28.4. The SMILES string of the molecule is CCNC(=O)[C@H]1O[C@@H](n2cnc3c(NC(=O)Nc4ccc(S(=O)(=O)N5CCOCC5)cc4)ncnc32)[C@@H](O)C1O. The Hall–Kier alpha value is -3.74. The summed E-state index contributed by atoms with van der Waals surface area (Å²) >= 11 is 0. The van der Waals surface area contributed by atoms with E-state index in [-0.39, 0.29) is 35.0 Å². The first-order valence-corrected chi connectivity index (χ1v) is 13.9. The maximum Gasteiger partial charge on any atom is 0.324 e. The fourth-order valence-electron chi connectivity index (χ4n) is 4.43. The first-order valence-electron chi connectivity index (χ1n) is 12.4. The highest BCUT2D eigenvalue weighted by atomic mass is 32.2. The molecule has 2 aromatic heterocycles. The smallest absolute Gasteiger partial charge is 0.324 e. The normalized spacial score (nSPS) is 23.7. The van der Waals surface area contributed by atoms with Gasteiger partial charge in [-0.2, -0.15) is 4.31 Å². The van der Waals surface area contributed by atoms with Crippen molar-refractivity contribution >= 4 is 44.6 Å². The first-order chi connectivity index (χ1) is 19.2. The molecule has 2 aliphatic heterocycles. The summed E-state index contributed by atoms with van der Waals surface area (Å²) in [5, 5.41) is 28.6. The van der Waals surface area contributed by atoms with Crippen LogP contribution in [0.3, 0.4) is 0 Å². The quantitative estimate of drug-likeness (QED) is 0.236. The summed E-state index contributed by atoms with van der Waals surface area (Å²) in [5.41, 5.74) is 0.675. The third kappa shape index (κ3) is 5.34. The van der Waals surface area contributed by atoms with E-state index in [0.29, 0.717) is 25.4 Å². The van der Waals surface area contributed by atoms with Gasteiger partial charge in [0, 0.05) is 25.3 Å². The van der Waals surface area contributed by atoms with E-state index in [2.05, 4.69) is 30.9 Å². The van der Waals surface area contributed by atoms with E-state index in [4.69, 9.17) is 9.47 Å². The second-order valence-electron chi connectivity index (χ2n) is 8.99. The Morgan fingerprint density at radius 2 is 1.77 bits per heavy atom. The minimum absolute atomic E-state index is 0.0427. The molecule has 4 heterocycles. The average molecular weight is 577 g/mol. The molecule has 2 fully saturated rings. The lowest BCUT2D eigenvalue weighted by molar-refractivity contribution is -0.137. The van der Waals surface area contributed by atoms with Crippen molar-refractivity contribution in [2.24, 2.45) is 0 Å². The van der Waals surface area contributed by atoms with Gasteiger partial charge in [0.05, 0.1) is 24.4 Å². The molecule has 1 unspecified atom stereocenters. The molecule has 2 saturated heterocycles. The number of likely N-dealkylation sites (N-methyl/N-ethyl adjacent to an activating group) is 1. The maximum atomic E-state index is 12.8. The number of urea groups is 1. The summed E-state index contributed by atoms with van der Waals surface area (Å²) in [5.74, 6) is -0.526. The summed E-state index contributed by atoms with van der Waals surface area (Å²) in [6.07, 6.45) is -2.93. The molecule has 3 aromatic rings. The second-order valence-corrected chi connectivity index (χ2v) is 10.9. The number of nitrogens with zero attached hydrogens (tertiary/aromatic N) is 5. The number of carbonyl (C=O) groups excluding carboxylic acids is 2. The van der Waals surface area contributed by atoms with Crippen LogP contribution in [0.5, 0.6) is 0 Å². The zero-order valence-corrected chi connectivity index (χ0v) is 22.1. The van der Waals surface area contributed by atoms with Crippen molar-refractivity contribution in [3.8, 4) is 0 Å².